The molecule has 0 bridgehead atoms. The number of piperidine rings is 1. The summed E-state index contributed by atoms with van der Waals surface area (Å²) < 4.78 is 5.01. The minimum atomic E-state index is -0.199. The van der Waals surface area contributed by atoms with Gasteiger partial charge in [-0.1, -0.05) is 6.07 Å². The van der Waals surface area contributed by atoms with Gasteiger partial charge in [0.2, 0.25) is 0 Å². The molecule has 0 aliphatic carbocycles. The molecule has 0 radical (unpaired) electrons. The van der Waals surface area contributed by atoms with Gasteiger partial charge in [-0.25, -0.2) is 9.78 Å². The predicted octanol–water partition coefficient (Wildman–Crippen LogP) is 2.42. The molecule has 1 saturated heterocycles. The first-order valence-electron chi connectivity index (χ1n) is 6.80. The molecule has 5 heteroatoms. The largest absolute Gasteiger partial charge is 0.450 e. The van der Waals surface area contributed by atoms with Crippen molar-refractivity contribution in [2.24, 2.45) is 0 Å². The van der Waals surface area contributed by atoms with Crippen molar-refractivity contribution in [3.05, 3.63) is 23.9 Å². The van der Waals surface area contributed by atoms with Gasteiger partial charge < -0.3 is 15.0 Å². The van der Waals surface area contributed by atoms with Crippen molar-refractivity contribution in [3.8, 4) is 0 Å². The lowest BCUT2D eigenvalue weighted by Gasteiger charge is -2.32. The number of hydrogen-bond donors (Lipinski definition) is 1. The number of aromatic nitrogens is 1. The molecule has 2 heterocycles. The van der Waals surface area contributed by atoms with Crippen LogP contribution >= 0.6 is 0 Å². The number of anilines is 1. The lowest BCUT2D eigenvalue weighted by atomic mass is 10.1. The Bertz CT molecular complexity index is 428. The lowest BCUT2D eigenvalue weighted by Crippen LogP contribution is -2.42. The third-order valence-corrected chi connectivity index (χ3v) is 3.37. The van der Waals surface area contributed by atoms with Crippen LogP contribution < -0.4 is 5.32 Å². The third kappa shape index (κ3) is 3.59. The zero-order valence-electron chi connectivity index (χ0n) is 11.6. The molecule has 1 aromatic heterocycles. The Morgan fingerprint density at radius 2 is 2.26 bits per heavy atom. The van der Waals surface area contributed by atoms with Gasteiger partial charge in [-0.05, 0) is 38.3 Å². The summed E-state index contributed by atoms with van der Waals surface area (Å²) in [6, 6.07) is 4.35. The summed E-state index contributed by atoms with van der Waals surface area (Å²) in [5, 5.41) is 3.45. The van der Waals surface area contributed by atoms with E-state index in [-0.39, 0.29) is 6.09 Å². The topological polar surface area (TPSA) is 54.5 Å². The number of aryl methyl sites for hydroxylation is 1. The summed E-state index contributed by atoms with van der Waals surface area (Å²) >= 11 is 0. The first-order valence-corrected chi connectivity index (χ1v) is 6.80. The number of likely N-dealkylation sites (tertiary alicyclic amines) is 1. The van der Waals surface area contributed by atoms with Crippen LogP contribution in [0.4, 0.5) is 10.6 Å². The molecule has 0 spiro atoms. The number of hydrogen-bond acceptors (Lipinski definition) is 4. The molecule has 0 atom stereocenters. The van der Waals surface area contributed by atoms with Gasteiger partial charge in [0.15, 0.2) is 0 Å². The van der Waals surface area contributed by atoms with E-state index in [4.69, 9.17) is 4.74 Å². The van der Waals surface area contributed by atoms with Gasteiger partial charge in [0.05, 0.1) is 6.61 Å². The minimum absolute atomic E-state index is 0.199. The second kappa shape index (κ2) is 6.41. The SMILES string of the molecule is CCOC(=O)N1CCC(Nc2ncccc2C)CC1. The average Bonchev–Trinajstić information content (AvgIpc) is 2.42. The Kier molecular flexibility index (Phi) is 4.60. The van der Waals surface area contributed by atoms with Crippen molar-refractivity contribution >= 4 is 11.9 Å². The molecule has 1 N–H and O–H groups in total. The zero-order valence-corrected chi connectivity index (χ0v) is 11.6. The van der Waals surface area contributed by atoms with E-state index in [0.29, 0.717) is 12.6 Å². The van der Waals surface area contributed by atoms with E-state index in [1.54, 1.807) is 11.1 Å². The number of nitrogens with zero attached hydrogens (tertiary/aromatic N) is 2. The number of carbonyl (C=O) groups excluding carboxylic acids is 1. The Labute approximate surface area is 114 Å². The molecule has 5 nitrogen and oxygen atoms in total. The molecule has 0 unspecified atom stereocenters. The maximum absolute atomic E-state index is 11.6. The maximum atomic E-state index is 11.6. The van der Waals surface area contributed by atoms with Crippen molar-refractivity contribution in [3.63, 3.8) is 0 Å². The second-order valence-electron chi connectivity index (χ2n) is 4.77. The Hall–Kier alpha value is -1.78. The summed E-state index contributed by atoms with van der Waals surface area (Å²) in [7, 11) is 0. The highest BCUT2D eigenvalue weighted by Gasteiger charge is 2.23. The molecule has 1 fully saturated rings. The molecule has 2 rings (SSSR count). The standard InChI is InChI=1S/C14H21N3O2/c1-3-19-14(18)17-9-6-12(7-10-17)16-13-11(2)5-4-8-15-13/h4-5,8,12H,3,6-7,9-10H2,1-2H3,(H,15,16). The van der Waals surface area contributed by atoms with Crippen molar-refractivity contribution in [1.29, 1.82) is 0 Å². The number of carbonyl (C=O) groups is 1. The monoisotopic (exact) mass is 263 g/mol. The van der Waals surface area contributed by atoms with E-state index in [1.807, 2.05) is 26.0 Å². The Balaban J connectivity index is 1.84. The highest BCUT2D eigenvalue weighted by Crippen LogP contribution is 2.17. The maximum Gasteiger partial charge on any atom is 0.409 e. The smallest absolute Gasteiger partial charge is 0.409 e. The molecule has 1 aliphatic heterocycles. The van der Waals surface area contributed by atoms with Crippen molar-refractivity contribution in [1.82, 2.24) is 9.88 Å². The summed E-state index contributed by atoms with van der Waals surface area (Å²) in [5.41, 5.74) is 1.15. The molecule has 1 aromatic rings. The highest BCUT2D eigenvalue weighted by molar-refractivity contribution is 5.67. The molecule has 1 aliphatic rings. The lowest BCUT2D eigenvalue weighted by molar-refractivity contribution is 0.0983. The Morgan fingerprint density at radius 1 is 1.53 bits per heavy atom. The van der Waals surface area contributed by atoms with E-state index in [1.165, 1.54) is 0 Å². The number of amides is 1. The van der Waals surface area contributed by atoms with Crippen LogP contribution in [0.3, 0.4) is 0 Å². The van der Waals surface area contributed by atoms with Gasteiger partial charge in [0.1, 0.15) is 5.82 Å². The highest BCUT2D eigenvalue weighted by atomic mass is 16.6. The van der Waals surface area contributed by atoms with E-state index >= 15 is 0 Å². The van der Waals surface area contributed by atoms with Crippen LogP contribution in [-0.2, 0) is 4.74 Å². The summed E-state index contributed by atoms with van der Waals surface area (Å²) in [4.78, 5) is 17.7. The van der Waals surface area contributed by atoms with Crippen LogP contribution in [0.1, 0.15) is 25.3 Å². The second-order valence-corrected chi connectivity index (χ2v) is 4.77. The fraction of sp³-hybridized carbons (Fsp3) is 0.571. The molecule has 19 heavy (non-hydrogen) atoms. The van der Waals surface area contributed by atoms with Gasteiger partial charge in [0, 0.05) is 25.3 Å². The number of ether oxygens (including phenoxy) is 1. The average molecular weight is 263 g/mol. The van der Waals surface area contributed by atoms with Gasteiger partial charge in [-0.2, -0.15) is 0 Å². The number of rotatable bonds is 3. The predicted molar refractivity (Wildman–Crippen MR) is 74.2 cm³/mol. The van der Waals surface area contributed by atoms with E-state index < -0.39 is 0 Å². The molecular weight excluding hydrogens is 242 g/mol. The molecule has 1 amide bonds. The third-order valence-electron chi connectivity index (χ3n) is 3.37. The van der Waals surface area contributed by atoms with Crippen molar-refractivity contribution in [2.45, 2.75) is 32.7 Å². The van der Waals surface area contributed by atoms with Crippen LogP contribution in [0.25, 0.3) is 0 Å². The van der Waals surface area contributed by atoms with Gasteiger partial charge in [0.25, 0.3) is 0 Å². The normalized spacial score (nSPS) is 16.2. The fourth-order valence-electron chi connectivity index (χ4n) is 2.25. The molecule has 104 valence electrons. The molecule has 0 aromatic carbocycles. The zero-order chi connectivity index (χ0) is 13.7. The molecule has 0 saturated carbocycles. The van der Waals surface area contributed by atoms with E-state index in [9.17, 15) is 4.79 Å². The van der Waals surface area contributed by atoms with Gasteiger partial charge in [-0.3, -0.25) is 0 Å². The molecular formula is C14H21N3O2. The van der Waals surface area contributed by atoms with E-state index in [2.05, 4.69) is 10.3 Å². The van der Waals surface area contributed by atoms with Crippen LogP contribution in [0.15, 0.2) is 18.3 Å². The minimum Gasteiger partial charge on any atom is -0.450 e. The summed E-state index contributed by atoms with van der Waals surface area (Å²) in [6.07, 6.45) is 3.45. The van der Waals surface area contributed by atoms with Crippen LogP contribution in [0.5, 0.6) is 0 Å². The Morgan fingerprint density at radius 3 is 2.89 bits per heavy atom. The number of nitrogens with one attached hydrogen (secondary N) is 1. The van der Waals surface area contributed by atoms with Crippen LogP contribution in [-0.4, -0.2) is 41.7 Å². The number of pyridine rings is 1. The van der Waals surface area contributed by atoms with Crippen molar-refractivity contribution < 1.29 is 9.53 Å². The van der Waals surface area contributed by atoms with Gasteiger partial charge in [-0.15, -0.1) is 0 Å². The first-order chi connectivity index (χ1) is 9.20. The summed E-state index contributed by atoms with van der Waals surface area (Å²) in [5.74, 6) is 0.942. The van der Waals surface area contributed by atoms with Crippen LogP contribution in [0.2, 0.25) is 0 Å². The first kappa shape index (κ1) is 13.6. The van der Waals surface area contributed by atoms with Crippen LogP contribution in [0, 0.1) is 6.92 Å². The fourth-order valence-corrected chi connectivity index (χ4v) is 2.25. The van der Waals surface area contributed by atoms with Gasteiger partial charge >= 0.3 is 6.09 Å². The van der Waals surface area contributed by atoms with Crippen molar-refractivity contribution in [2.75, 3.05) is 25.0 Å². The quantitative estimate of drug-likeness (QED) is 0.910. The van der Waals surface area contributed by atoms with E-state index in [0.717, 1.165) is 37.3 Å². The summed E-state index contributed by atoms with van der Waals surface area (Å²) in [6.45, 7) is 5.79.